The fourth-order valence-electron chi connectivity index (χ4n) is 0.988. The molecule has 13 heavy (non-hydrogen) atoms. The van der Waals surface area contributed by atoms with Crippen molar-refractivity contribution in [2.45, 2.75) is 6.42 Å². The summed E-state index contributed by atoms with van der Waals surface area (Å²) in [7, 11) is 0. The van der Waals surface area contributed by atoms with E-state index in [0.29, 0.717) is 10.0 Å². The molecular weight excluding hydrogens is 230 g/mol. The number of carbonyl (C=O) groups is 1. The monoisotopic (exact) mass is 236 g/mol. The Labute approximate surface area is 91.6 Å². The van der Waals surface area contributed by atoms with Crippen LogP contribution in [0.15, 0.2) is 18.2 Å². The maximum absolute atomic E-state index is 11.0. The van der Waals surface area contributed by atoms with Gasteiger partial charge in [0, 0.05) is 16.5 Å². The number of carbonyl (C=O) groups excluding carboxylic acids is 1. The van der Waals surface area contributed by atoms with Gasteiger partial charge in [0.05, 0.1) is 5.88 Å². The first kappa shape index (κ1) is 10.8. The van der Waals surface area contributed by atoms with Crippen molar-refractivity contribution < 1.29 is 4.79 Å². The van der Waals surface area contributed by atoms with Gasteiger partial charge in [-0.1, -0.05) is 23.2 Å². The predicted molar refractivity (Wildman–Crippen MR) is 55.9 cm³/mol. The molecule has 0 saturated carbocycles. The zero-order valence-electron chi connectivity index (χ0n) is 6.69. The maximum Gasteiger partial charge on any atom is 0.151 e. The molecule has 0 bridgehead atoms. The Bertz CT molecular complexity index is 302. The largest absolute Gasteiger partial charge is 0.298 e. The molecule has 1 aromatic rings. The summed E-state index contributed by atoms with van der Waals surface area (Å²) in [6.07, 6.45) is 0.282. The van der Waals surface area contributed by atoms with E-state index in [-0.39, 0.29) is 18.1 Å². The number of alkyl halides is 1. The van der Waals surface area contributed by atoms with Crippen molar-refractivity contribution in [1.82, 2.24) is 0 Å². The van der Waals surface area contributed by atoms with E-state index in [1.807, 2.05) is 0 Å². The molecule has 1 nitrogen and oxygen atoms in total. The topological polar surface area (TPSA) is 17.1 Å². The first-order chi connectivity index (χ1) is 6.11. The van der Waals surface area contributed by atoms with Gasteiger partial charge in [-0.3, -0.25) is 4.79 Å². The van der Waals surface area contributed by atoms with E-state index >= 15 is 0 Å². The lowest BCUT2D eigenvalue weighted by Gasteiger charge is -2.00. The molecule has 0 heterocycles. The van der Waals surface area contributed by atoms with Gasteiger partial charge in [-0.25, -0.2) is 0 Å². The van der Waals surface area contributed by atoms with Gasteiger partial charge in [0.15, 0.2) is 5.78 Å². The van der Waals surface area contributed by atoms with Crippen LogP contribution in [0.25, 0.3) is 0 Å². The fraction of sp³-hybridized carbons (Fsp3) is 0.222. The van der Waals surface area contributed by atoms with Crippen LogP contribution in [0.4, 0.5) is 0 Å². The second kappa shape index (κ2) is 4.85. The average molecular weight is 238 g/mol. The van der Waals surface area contributed by atoms with Crippen molar-refractivity contribution >= 4 is 40.6 Å². The Morgan fingerprint density at radius 1 is 1.15 bits per heavy atom. The molecule has 0 aromatic heterocycles. The van der Waals surface area contributed by atoms with Crippen LogP contribution in [0.1, 0.15) is 5.56 Å². The smallest absolute Gasteiger partial charge is 0.151 e. The third-order valence-corrected chi connectivity index (χ3v) is 2.21. The lowest BCUT2D eigenvalue weighted by molar-refractivity contribution is -0.116. The molecule has 0 N–H and O–H groups in total. The van der Waals surface area contributed by atoms with Crippen molar-refractivity contribution in [3.8, 4) is 0 Å². The third kappa shape index (κ3) is 3.55. The van der Waals surface area contributed by atoms with Crippen LogP contribution in [0.5, 0.6) is 0 Å². The summed E-state index contributed by atoms with van der Waals surface area (Å²) in [6.45, 7) is 0. The predicted octanol–water partition coefficient (Wildman–Crippen LogP) is 3.34. The van der Waals surface area contributed by atoms with Crippen LogP contribution in [0, 0.1) is 0 Å². The van der Waals surface area contributed by atoms with Gasteiger partial charge >= 0.3 is 0 Å². The van der Waals surface area contributed by atoms with Gasteiger partial charge in [-0.15, -0.1) is 11.6 Å². The number of Topliss-reactive ketones (excluding diaryl/α,β-unsaturated/α-hetero) is 1. The number of hydrogen-bond donors (Lipinski definition) is 0. The molecule has 0 unspecified atom stereocenters. The minimum Gasteiger partial charge on any atom is -0.298 e. The average Bonchev–Trinajstić information content (AvgIpc) is 2.02. The number of ketones is 1. The second-order valence-electron chi connectivity index (χ2n) is 2.63. The number of benzene rings is 1. The standard InChI is InChI=1S/C9H7Cl3O/c10-5-9(13)3-6-1-7(11)4-8(12)2-6/h1-2,4H,3,5H2. The zero-order chi connectivity index (χ0) is 9.84. The molecule has 70 valence electrons. The lowest BCUT2D eigenvalue weighted by atomic mass is 10.1. The molecule has 0 aliphatic carbocycles. The van der Waals surface area contributed by atoms with Gasteiger partial charge in [0.2, 0.25) is 0 Å². The van der Waals surface area contributed by atoms with Gasteiger partial charge < -0.3 is 0 Å². The highest BCUT2D eigenvalue weighted by molar-refractivity contribution is 6.34. The molecule has 0 aliphatic rings. The van der Waals surface area contributed by atoms with Crippen LogP contribution in [0.3, 0.4) is 0 Å². The Morgan fingerprint density at radius 3 is 2.15 bits per heavy atom. The van der Waals surface area contributed by atoms with Crippen molar-refractivity contribution in [2.75, 3.05) is 5.88 Å². The van der Waals surface area contributed by atoms with E-state index < -0.39 is 0 Å². The van der Waals surface area contributed by atoms with E-state index in [0.717, 1.165) is 5.56 Å². The van der Waals surface area contributed by atoms with Crippen molar-refractivity contribution in [3.05, 3.63) is 33.8 Å². The molecule has 0 fully saturated rings. The van der Waals surface area contributed by atoms with Gasteiger partial charge in [0.25, 0.3) is 0 Å². The molecule has 0 amide bonds. The van der Waals surface area contributed by atoms with Gasteiger partial charge in [-0.2, -0.15) is 0 Å². The van der Waals surface area contributed by atoms with Crippen molar-refractivity contribution in [1.29, 1.82) is 0 Å². The molecule has 0 aliphatic heterocycles. The van der Waals surface area contributed by atoms with E-state index in [1.54, 1.807) is 18.2 Å². The molecule has 1 aromatic carbocycles. The Kier molecular flexibility index (Phi) is 4.04. The number of halogens is 3. The summed E-state index contributed by atoms with van der Waals surface area (Å²) in [6, 6.07) is 5.04. The van der Waals surface area contributed by atoms with E-state index in [4.69, 9.17) is 34.8 Å². The highest BCUT2D eigenvalue weighted by Gasteiger charge is 2.03. The molecule has 1 rings (SSSR count). The van der Waals surface area contributed by atoms with Gasteiger partial charge in [0.1, 0.15) is 0 Å². The van der Waals surface area contributed by atoms with Crippen LogP contribution in [0.2, 0.25) is 10.0 Å². The quantitative estimate of drug-likeness (QED) is 0.737. The van der Waals surface area contributed by atoms with Crippen molar-refractivity contribution in [3.63, 3.8) is 0 Å². The first-order valence-corrected chi connectivity index (χ1v) is 4.93. The number of hydrogen-bond acceptors (Lipinski definition) is 1. The van der Waals surface area contributed by atoms with Crippen LogP contribution < -0.4 is 0 Å². The summed E-state index contributed by atoms with van der Waals surface area (Å²) in [5.41, 5.74) is 0.795. The first-order valence-electron chi connectivity index (χ1n) is 3.64. The molecule has 0 saturated heterocycles. The molecule has 0 atom stereocenters. The molecular formula is C9H7Cl3O. The van der Waals surface area contributed by atoms with Crippen LogP contribution in [-0.4, -0.2) is 11.7 Å². The second-order valence-corrected chi connectivity index (χ2v) is 3.77. The van der Waals surface area contributed by atoms with E-state index in [9.17, 15) is 4.79 Å². The zero-order valence-corrected chi connectivity index (χ0v) is 8.96. The van der Waals surface area contributed by atoms with Crippen molar-refractivity contribution in [2.24, 2.45) is 0 Å². The SMILES string of the molecule is O=C(CCl)Cc1cc(Cl)cc(Cl)c1. The summed E-state index contributed by atoms with van der Waals surface area (Å²) >= 11 is 16.9. The highest BCUT2D eigenvalue weighted by Crippen LogP contribution is 2.19. The Balaban J connectivity index is 2.83. The summed E-state index contributed by atoms with van der Waals surface area (Å²) in [5.74, 6) is -0.0237. The molecule has 0 spiro atoms. The van der Waals surface area contributed by atoms with Crippen LogP contribution in [-0.2, 0) is 11.2 Å². The Morgan fingerprint density at radius 2 is 1.69 bits per heavy atom. The fourth-order valence-corrected chi connectivity index (χ4v) is 1.65. The van der Waals surface area contributed by atoms with Crippen LogP contribution >= 0.6 is 34.8 Å². The molecule has 0 radical (unpaired) electrons. The third-order valence-electron chi connectivity index (χ3n) is 1.47. The van der Waals surface area contributed by atoms with E-state index in [2.05, 4.69) is 0 Å². The Hall–Kier alpha value is -0.240. The minimum atomic E-state index is -0.0417. The van der Waals surface area contributed by atoms with E-state index in [1.165, 1.54) is 0 Å². The summed E-state index contributed by atoms with van der Waals surface area (Å²) < 4.78 is 0. The number of rotatable bonds is 3. The summed E-state index contributed by atoms with van der Waals surface area (Å²) in [5, 5.41) is 1.06. The summed E-state index contributed by atoms with van der Waals surface area (Å²) in [4.78, 5) is 11.0. The lowest BCUT2D eigenvalue weighted by Crippen LogP contribution is -2.03. The molecule has 4 heteroatoms. The van der Waals surface area contributed by atoms with Gasteiger partial charge in [-0.05, 0) is 23.8 Å². The highest BCUT2D eigenvalue weighted by atomic mass is 35.5. The minimum absolute atomic E-state index is 0.0180. The maximum atomic E-state index is 11.0. The normalized spacial score (nSPS) is 10.1.